The highest BCUT2D eigenvalue weighted by atomic mass is 16.2. The van der Waals surface area contributed by atoms with Crippen LogP contribution in [0.2, 0.25) is 0 Å². The predicted molar refractivity (Wildman–Crippen MR) is 72.1 cm³/mol. The number of rotatable bonds is 2. The molecule has 4 nitrogen and oxygen atoms in total. The third-order valence-corrected chi connectivity index (χ3v) is 3.26. The summed E-state index contributed by atoms with van der Waals surface area (Å²) in [5.74, 6) is 2.27. The number of hydrogen-bond donors (Lipinski definition) is 1. The molecule has 2 atom stereocenters. The standard InChI is InChI=1S/C15H16N2O2/c1-3-13-9-10-14(18)17(13)15(19)16-11(2)12-7-5-4-6-8-12/h1,4-8,11,13H,9-10H2,2H3,(H,16,19)/t11-,13+/m0/s1. The molecule has 0 spiro atoms. The number of imide groups is 1. The van der Waals surface area contributed by atoms with Gasteiger partial charge in [0.1, 0.15) is 6.04 Å². The number of likely N-dealkylation sites (tertiary alicyclic amines) is 1. The number of nitrogens with zero attached hydrogens (tertiary/aromatic N) is 1. The van der Waals surface area contributed by atoms with E-state index in [1.807, 2.05) is 37.3 Å². The molecule has 4 heteroatoms. The van der Waals surface area contributed by atoms with Crippen LogP contribution in [0.15, 0.2) is 30.3 Å². The minimum Gasteiger partial charge on any atom is -0.331 e. The summed E-state index contributed by atoms with van der Waals surface area (Å²) in [6.07, 6.45) is 6.22. The van der Waals surface area contributed by atoms with Crippen LogP contribution in [-0.2, 0) is 4.79 Å². The lowest BCUT2D eigenvalue weighted by atomic mass is 10.1. The molecule has 0 unspecified atom stereocenters. The second-order valence-corrected chi connectivity index (χ2v) is 4.57. The van der Waals surface area contributed by atoms with Crippen molar-refractivity contribution in [2.45, 2.75) is 31.8 Å². The van der Waals surface area contributed by atoms with E-state index in [2.05, 4.69) is 11.2 Å². The first-order valence-electron chi connectivity index (χ1n) is 6.27. The monoisotopic (exact) mass is 256 g/mol. The Kier molecular flexibility index (Phi) is 3.86. The van der Waals surface area contributed by atoms with Crippen molar-refractivity contribution in [1.82, 2.24) is 10.2 Å². The fourth-order valence-electron chi connectivity index (χ4n) is 2.18. The number of nitrogens with one attached hydrogen (secondary N) is 1. The van der Waals surface area contributed by atoms with E-state index in [0.29, 0.717) is 12.8 Å². The Bertz CT molecular complexity index is 519. The summed E-state index contributed by atoms with van der Waals surface area (Å²) >= 11 is 0. The number of hydrogen-bond acceptors (Lipinski definition) is 2. The van der Waals surface area contributed by atoms with Crippen molar-refractivity contribution in [2.24, 2.45) is 0 Å². The van der Waals surface area contributed by atoms with Gasteiger partial charge in [-0.25, -0.2) is 9.69 Å². The summed E-state index contributed by atoms with van der Waals surface area (Å²) < 4.78 is 0. The minimum atomic E-state index is -0.421. The van der Waals surface area contributed by atoms with Crippen LogP contribution >= 0.6 is 0 Å². The molecule has 3 amide bonds. The maximum absolute atomic E-state index is 12.1. The van der Waals surface area contributed by atoms with Crippen LogP contribution < -0.4 is 5.32 Å². The Hall–Kier alpha value is -2.28. The number of terminal acetylenes is 1. The molecule has 0 bridgehead atoms. The van der Waals surface area contributed by atoms with Gasteiger partial charge in [0, 0.05) is 6.42 Å². The van der Waals surface area contributed by atoms with Crippen LogP contribution in [0.4, 0.5) is 4.79 Å². The summed E-state index contributed by atoms with van der Waals surface area (Å²) in [6, 6.07) is 8.58. The lowest BCUT2D eigenvalue weighted by Crippen LogP contribution is -2.45. The van der Waals surface area contributed by atoms with Gasteiger partial charge in [0.15, 0.2) is 0 Å². The Morgan fingerprint density at radius 2 is 2.16 bits per heavy atom. The third kappa shape index (κ3) is 2.76. The number of carbonyl (C=O) groups excluding carboxylic acids is 2. The lowest BCUT2D eigenvalue weighted by Gasteiger charge is -2.22. The van der Waals surface area contributed by atoms with Crippen molar-refractivity contribution in [2.75, 3.05) is 0 Å². The molecular formula is C15H16N2O2. The highest BCUT2D eigenvalue weighted by Crippen LogP contribution is 2.19. The van der Waals surface area contributed by atoms with Crippen molar-refractivity contribution < 1.29 is 9.59 Å². The molecule has 2 rings (SSSR count). The number of carbonyl (C=O) groups is 2. The fourth-order valence-corrected chi connectivity index (χ4v) is 2.18. The molecule has 1 N–H and O–H groups in total. The van der Waals surface area contributed by atoms with E-state index in [9.17, 15) is 9.59 Å². The zero-order chi connectivity index (χ0) is 13.8. The minimum absolute atomic E-state index is 0.166. The van der Waals surface area contributed by atoms with Crippen molar-refractivity contribution in [1.29, 1.82) is 0 Å². The maximum atomic E-state index is 12.1. The van der Waals surface area contributed by atoms with Gasteiger partial charge in [0.05, 0.1) is 6.04 Å². The number of amides is 3. The summed E-state index contributed by atoms with van der Waals surface area (Å²) in [5, 5.41) is 2.80. The molecule has 0 radical (unpaired) electrons. The molecule has 1 saturated heterocycles. The van der Waals surface area contributed by atoms with E-state index < -0.39 is 12.1 Å². The summed E-state index contributed by atoms with van der Waals surface area (Å²) in [6.45, 7) is 1.87. The highest BCUT2D eigenvalue weighted by Gasteiger charge is 2.35. The normalized spacial score (nSPS) is 19.9. The largest absolute Gasteiger partial charge is 0.331 e. The zero-order valence-corrected chi connectivity index (χ0v) is 10.8. The summed E-state index contributed by atoms with van der Waals surface area (Å²) in [7, 11) is 0. The quantitative estimate of drug-likeness (QED) is 0.824. The molecule has 1 aliphatic heterocycles. The van der Waals surface area contributed by atoms with E-state index in [1.54, 1.807) is 0 Å². The van der Waals surface area contributed by atoms with Crippen LogP contribution in [0.1, 0.15) is 31.4 Å². The van der Waals surface area contributed by atoms with Gasteiger partial charge in [-0.3, -0.25) is 4.79 Å². The summed E-state index contributed by atoms with van der Waals surface area (Å²) in [5.41, 5.74) is 0.986. The number of urea groups is 1. The van der Waals surface area contributed by atoms with Crippen molar-refractivity contribution >= 4 is 11.9 Å². The maximum Gasteiger partial charge on any atom is 0.325 e. The smallest absolute Gasteiger partial charge is 0.325 e. The molecule has 0 saturated carbocycles. The molecule has 1 heterocycles. The predicted octanol–water partition coefficient (Wildman–Crippen LogP) is 2.08. The molecule has 1 fully saturated rings. The summed E-state index contributed by atoms with van der Waals surface area (Å²) in [4.78, 5) is 24.9. The Balaban J connectivity index is 2.05. The second-order valence-electron chi connectivity index (χ2n) is 4.57. The lowest BCUT2D eigenvalue weighted by molar-refractivity contribution is -0.125. The third-order valence-electron chi connectivity index (χ3n) is 3.26. The molecule has 0 aromatic heterocycles. The van der Waals surface area contributed by atoms with Gasteiger partial charge in [-0.1, -0.05) is 36.3 Å². The Morgan fingerprint density at radius 1 is 1.47 bits per heavy atom. The fraction of sp³-hybridized carbons (Fsp3) is 0.333. The molecule has 19 heavy (non-hydrogen) atoms. The van der Waals surface area contributed by atoms with Gasteiger partial charge >= 0.3 is 6.03 Å². The van der Waals surface area contributed by atoms with Gasteiger partial charge in [-0.2, -0.15) is 0 Å². The van der Waals surface area contributed by atoms with Gasteiger partial charge in [-0.15, -0.1) is 6.42 Å². The topological polar surface area (TPSA) is 49.4 Å². The Labute approximate surface area is 112 Å². The van der Waals surface area contributed by atoms with Crippen LogP contribution in [0, 0.1) is 12.3 Å². The van der Waals surface area contributed by atoms with Gasteiger partial charge in [-0.05, 0) is 18.9 Å². The first kappa shape index (κ1) is 13.2. The van der Waals surface area contributed by atoms with E-state index in [0.717, 1.165) is 10.5 Å². The highest BCUT2D eigenvalue weighted by molar-refractivity contribution is 5.97. The van der Waals surface area contributed by atoms with E-state index in [1.165, 1.54) is 0 Å². The van der Waals surface area contributed by atoms with E-state index in [4.69, 9.17) is 6.42 Å². The second kappa shape index (κ2) is 5.57. The molecule has 1 aliphatic rings. The number of benzene rings is 1. The average Bonchev–Trinajstić information content (AvgIpc) is 2.80. The first-order valence-corrected chi connectivity index (χ1v) is 6.27. The molecule has 98 valence electrons. The van der Waals surface area contributed by atoms with Crippen LogP contribution in [0.3, 0.4) is 0 Å². The SMILES string of the molecule is C#C[C@@H]1CCC(=O)N1C(=O)N[C@@H](C)c1ccccc1. The average molecular weight is 256 g/mol. The van der Waals surface area contributed by atoms with Crippen LogP contribution in [-0.4, -0.2) is 22.9 Å². The van der Waals surface area contributed by atoms with Crippen LogP contribution in [0.5, 0.6) is 0 Å². The molecule has 1 aromatic rings. The molecule has 0 aliphatic carbocycles. The van der Waals surface area contributed by atoms with Crippen LogP contribution in [0.25, 0.3) is 0 Å². The first-order chi connectivity index (χ1) is 9.13. The Morgan fingerprint density at radius 3 is 2.79 bits per heavy atom. The van der Waals surface area contributed by atoms with E-state index >= 15 is 0 Å². The molecule has 1 aromatic carbocycles. The van der Waals surface area contributed by atoms with Crippen molar-refractivity contribution in [3.63, 3.8) is 0 Å². The van der Waals surface area contributed by atoms with E-state index in [-0.39, 0.29) is 11.9 Å². The molecular weight excluding hydrogens is 240 g/mol. The van der Waals surface area contributed by atoms with Gasteiger partial charge < -0.3 is 5.32 Å². The van der Waals surface area contributed by atoms with Crippen molar-refractivity contribution in [3.05, 3.63) is 35.9 Å². The van der Waals surface area contributed by atoms with Gasteiger partial charge in [0.2, 0.25) is 5.91 Å². The zero-order valence-electron chi connectivity index (χ0n) is 10.8. The van der Waals surface area contributed by atoms with Crippen molar-refractivity contribution in [3.8, 4) is 12.3 Å². The van der Waals surface area contributed by atoms with Gasteiger partial charge in [0.25, 0.3) is 0 Å².